The lowest BCUT2D eigenvalue weighted by Crippen LogP contribution is -2.28. The van der Waals surface area contributed by atoms with Gasteiger partial charge in [0.05, 0.1) is 0 Å². The molecule has 1 aromatic rings. The highest BCUT2D eigenvalue weighted by Gasteiger charge is 2.17. The van der Waals surface area contributed by atoms with E-state index in [-0.39, 0.29) is 5.56 Å². The van der Waals surface area contributed by atoms with Crippen molar-refractivity contribution in [2.75, 3.05) is 5.73 Å². The molecule has 0 amide bonds. The zero-order chi connectivity index (χ0) is 10.7. The average Bonchev–Trinajstić information content (AvgIpc) is 2.11. The molecular formula is C9H12N2O3. The number of carboxylic acid groups (broad SMARTS) is 1. The summed E-state index contributed by atoms with van der Waals surface area (Å²) < 4.78 is 1.14. The monoisotopic (exact) mass is 196 g/mol. The number of hydrogen-bond donors (Lipinski definition) is 2. The summed E-state index contributed by atoms with van der Waals surface area (Å²) in [7, 11) is 0. The fourth-order valence-corrected chi connectivity index (χ4v) is 1.25. The molecule has 0 radical (unpaired) electrons. The van der Waals surface area contributed by atoms with Crippen LogP contribution in [0.2, 0.25) is 0 Å². The third-order valence-electron chi connectivity index (χ3n) is 1.97. The Kier molecular flexibility index (Phi) is 2.91. The normalized spacial score (nSPS) is 12.4. The van der Waals surface area contributed by atoms with Gasteiger partial charge in [0.2, 0.25) is 0 Å². The number of nitrogens with two attached hydrogens (primary N) is 1. The molecular weight excluding hydrogens is 184 g/mol. The first-order valence-electron chi connectivity index (χ1n) is 4.26. The van der Waals surface area contributed by atoms with Crippen molar-refractivity contribution >= 4 is 11.7 Å². The fraction of sp³-hybridized carbons (Fsp3) is 0.333. The van der Waals surface area contributed by atoms with E-state index in [2.05, 4.69) is 0 Å². The van der Waals surface area contributed by atoms with Crippen LogP contribution in [0.5, 0.6) is 0 Å². The number of aromatic nitrogens is 1. The molecule has 0 spiro atoms. The molecule has 0 aromatic carbocycles. The standard InChI is InChI=1S/C9H12N2O3/c1-2-7(9(13)14)11-5-6(10)3-4-8(11)12/h3-5,7H,2,10H2,1H3,(H,13,14). The Morgan fingerprint density at radius 2 is 2.29 bits per heavy atom. The number of carbonyl (C=O) groups is 1. The van der Waals surface area contributed by atoms with Crippen LogP contribution in [0.1, 0.15) is 19.4 Å². The van der Waals surface area contributed by atoms with E-state index in [9.17, 15) is 9.59 Å². The summed E-state index contributed by atoms with van der Waals surface area (Å²) in [6, 6.07) is 1.87. The molecule has 1 aromatic heterocycles. The lowest BCUT2D eigenvalue weighted by molar-refractivity contribution is -0.141. The van der Waals surface area contributed by atoms with Gasteiger partial charge < -0.3 is 10.8 Å². The zero-order valence-corrected chi connectivity index (χ0v) is 7.80. The molecule has 5 heteroatoms. The number of hydrogen-bond acceptors (Lipinski definition) is 3. The first-order valence-corrected chi connectivity index (χ1v) is 4.26. The second-order valence-corrected chi connectivity index (χ2v) is 2.97. The van der Waals surface area contributed by atoms with Gasteiger partial charge in [-0.2, -0.15) is 0 Å². The molecule has 76 valence electrons. The van der Waals surface area contributed by atoms with Gasteiger partial charge in [-0.25, -0.2) is 4.79 Å². The van der Waals surface area contributed by atoms with Crippen LogP contribution in [-0.4, -0.2) is 15.6 Å². The maximum Gasteiger partial charge on any atom is 0.326 e. The van der Waals surface area contributed by atoms with E-state index in [1.165, 1.54) is 18.3 Å². The molecule has 0 aliphatic carbocycles. The SMILES string of the molecule is CCC(C(=O)O)n1cc(N)ccc1=O. The van der Waals surface area contributed by atoms with E-state index in [0.29, 0.717) is 12.1 Å². The maximum atomic E-state index is 11.3. The number of rotatable bonds is 3. The third-order valence-corrected chi connectivity index (χ3v) is 1.97. The minimum Gasteiger partial charge on any atom is -0.480 e. The smallest absolute Gasteiger partial charge is 0.326 e. The van der Waals surface area contributed by atoms with Crippen LogP contribution in [0.15, 0.2) is 23.1 Å². The summed E-state index contributed by atoms with van der Waals surface area (Å²) in [4.78, 5) is 22.1. The van der Waals surface area contributed by atoms with Crippen molar-refractivity contribution in [3.8, 4) is 0 Å². The molecule has 0 saturated carbocycles. The van der Waals surface area contributed by atoms with Crippen LogP contribution < -0.4 is 11.3 Å². The summed E-state index contributed by atoms with van der Waals surface area (Å²) in [6.45, 7) is 1.70. The van der Waals surface area contributed by atoms with Gasteiger partial charge in [0, 0.05) is 18.0 Å². The quantitative estimate of drug-likeness (QED) is 0.735. The molecule has 14 heavy (non-hydrogen) atoms. The van der Waals surface area contributed by atoms with Crippen molar-refractivity contribution in [2.45, 2.75) is 19.4 Å². The molecule has 0 bridgehead atoms. The maximum absolute atomic E-state index is 11.3. The van der Waals surface area contributed by atoms with E-state index in [1.54, 1.807) is 6.92 Å². The molecule has 0 aliphatic rings. The second-order valence-electron chi connectivity index (χ2n) is 2.97. The first-order chi connectivity index (χ1) is 6.56. The number of nitrogens with zero attached hydrogens (tertiary/aromatic N) is 1. The van der Waals surface area contributed by atoms with Gasteiger partial charge in [0.1, 0.15) is 6.04 Å². The van der Waals surface area contributed by atoms with E-state index < -0.39 is 12.0 Å². The predicted octanol–water partition coefficient (Wildman–Crippen LogP) is 0.466. The van der Waals surface area contributed by atoms with Gasteiger partial charge in [-0.15, -0.1) is 0 Å². The van der Waals surface area contributed by atoms with Gasteiger partial charge in [0.25, 0.3) is 5.56 Å². The van der Waals surface area contributed by atoms with Crippen LogP contribution in [0.25, 0.3) is 0 Å². The largest absolute Gasteiger partial charge is 0.480 e. The van der Waals surface area contributed by atoms with Crippen LogP contribution >= 0.6 is 0 Å². The molecule has 0 fully saturated rings. The molecule has 5 nitrogen and oxygen atoms in total. The van der Waals surface area contributed by atoms with Crippen molar-refractivity contribution in [3.63, 3.8) is 0 Å². The Bertz CT molecular complexity index is 397. The Morgan fingerprint density at radius 3 is 2.79 bits per heavy atom. The topological polar surface area (TPSA) is 85.3 Å². The van der Waals surface area contributed by atoms with Crippen molar-refractivity contribution in [1.29, 1.82) is 0 Å². The number of aliphatic carboxylic acids is 1. The van der Waals surface area contributed by atoms with Crippen LogP contribution in [-0.2, 0) is 4.79 Å². The summed E-state index contributed by atoms with van der Waals surface area (Å²) in [5.74, 6) is -1.03. The van der Waals surface area contributed by atoms with Crippen molar-refractivity contribution in [1.82, 2.24) is 4.57 Å². The Morgan fingerprint density at radius 1 is 1.64 bits per heavy atom. The zero-order valence-electron chi connectivity index (χ0n) is 7.80. The Labute approximate surface area is 80.8 Å². The van der Waals surface area contributed by atoms with Gasteiger partial charge in [-0.3, -0.25) is 9.36 Å². The van der Waals surface area contributed by atoms with Gasteiger partial charge in [-0.05, 0) is 12.5 Å². The highest BCUT2D eigenvalue weighted by molar-refractivity contribution is 5.71. The lowest BCUT2D eigenvalue weighted by atomic mass is 10.2. The minimum absolute atomic E-state index is 0.346. The molecule has 1 heterocycles. The van der Waals surface area contributed by atoms with Gasteiger partial charge in [-0.1, -0.05) is 6.92 Å². The number of pyridine rings is 1. The van der Waals surface area contributed by atoms with Crippen LogP contribution in [0.4, 0.5) is 5.69 Å². The Balaban J connectivity index is 3.22. The molecule has 1 atom stereocenters. The molecule has 1 rings (SSSR count). The minimum atomic E-state index is -1.03. The lowest BCUT2D eigenvalue weighted by Gasteiger charge is -2.13. The van der Waals surface area contributed by atoms with E-state index in [1.807, 2.05) is 0 Å². The predicted molar refractivity (Wildman–Crippen MR) is 52.1 cm³/mol. The van der Waals surface area contributed by atoms with E-state index in [0.717, 1.165) is 4.57 Å². The van der Waals surface area contributed by atoms with Gasteiger partial charge in [0.15, 0.2) is 0 Å². The molecule has 0 aliphatic heterocycles. The highest BCUT2D eigenvalue weighted by atomic mass is 16.4. The van der Waals surface area contributed by atoms with E-state index in [4.69, 9.17) is 10.8 Å². The number of anilines is 1. The molecule has 1 unspecified atom stereocenters. The summed E-state index contributed by atoms with van der Waals surface area (Å²) in [6.07, 6.45) is 1.70. The molecule has 3 N–H and O–H groups in total. The van der Waals surface area contributed by atoms with Crippen LogP contribution in [0.3, 0.4) is 0 Å². The van der Waals surface area contributed by atoms with Crippen LogP contribution in [0, 0.1) is 0 Å². The number of carboxylic acids is 1. The van der Waals surface area contributed by atoms with Crippen molar-refractivity contribution in [3.05, 3.63) is 28.7 Å². The summed E-state index contributed by atoms with van der Waals surface area (Å²) in [5, 5.41) is 8.84. The van der Waals surface area contributed by atoms with Crippen molar-refractivity contribution < 1.29 is 9.90 Å². The number of nitrogen functional groups attached to an aromatic ring is 1. The third kappa shape index (κ3) is 1.93. The van der Waals surface area contributed by atoms with Crippen molar-refractivity contribution in [2.24, 2.45) is 0 Å². The first kappa shape index (κ1) is 10.3. The average molecular weight is 196 g/mol. The van der Waals surface area contributed by atoms with Gasteiger partial charge >= 0.3 is 5.97 Å². The highest BCUT2D eigenvalue weighted by Crippen LogP contribution is 2.10. The summed E-state index contributed by atoms with van der Waals surface area (Å²) in [5.41, 5.74) is 5.49. The van der Waals surface area contributed by atoms with E-state index >= 15 is 0 Å². The molecule has 0 saturated heterocycles. The Hall–Kier alpha value is -1.78. The fourth-order valence-electron chi connectivity index (χ4n) is 1.25. The summed E-state index contributed by atoms with van der Waals surface area (Å²) >= 11 is 0. The second kappa shape index (κ2) is 3.95.